The van der Waals surface area contributed by atoms with E-state index in [1.165, 1.54) is 5.71 Å². The van der Waals surface area contributed by atoms with E-state index in [4.69, 9.17) is 23.7 Å². The first-order chi connectivity index (χ1) is 26.5. The lowest BCUT2D eigenvalue weighted by atomic mass is 9.57. The summed E-state index contributed by atoms with van der Waals surface area (Å²) in [5, 5.41) is 35.1. The Morgan fingerprint density at radius 2 is 1.68 bits per heavy atom. The summed E-state index contributed by atoms with van der Waals surface area (Å²) in [5.74, 6) is -3.84. The van der Waals surface area contributed by atoms with Crippen LogP contribution in [0.1, 0.15) is 144 Å². The van der Waals surface area contributed by atoms with Gasteiger partial charge >= 0.3 is 0 Å². The molecule has 0 aromatic rings. The van der Waals surface area contributed by atoms with Gasteiger partial charge in [-0.05, 0) is 94.5 Å². The topological polar surface area (TPSA) is 158 Å². The summed E-state index contributed by atoms with van der Waals surface area (Å²) in [6, 6.07) is 0. The summed E-state index contributed by atoms with van der Waals surface area (Å²) in [6.07, 6.45) is 9.68. The summed E-state index contributed by atoms with van der Waals surface area (Å²) in [4.78, 5) is 29.1. The second kappa shape index (κ2) is 14.9. The van der Waals surface area contributed by atoms with E-state index < -0.39 is 41.1 Å². The number of Topliss-reactive ketones (excluding diaryl/α,β-unsaturated/α-hetero) is 1. The maximum Gasteiger partial charge on any atom is 0.200 e. The molecule has 11 nitrogen and oxygen atoms in total. The van der Waals surface area contributed by atoms with Gasteiger partial charge in [-0.15, -0.1) is 0 Å². The number of aliphatic hydroxyl groups is 2. The van der Waals surface area contributed by atoms with Crippen molar-refractivity contribution in [2.24, 2.45) is 35.0 Å². The van der Waals surface area contributed by atoms with Crippen LogP contribution in [0.2, 0.25) is 0 Å². The Hall–Kier alpha value is -1.99. The third-order valence-corrected chi connectivity index (χ3v) is 15.7. The second-order valence-corrected chi connectivity index (χ2v) is 20.0. The molecule has 15 atom stereocenters. The molecule has 3 N–H and O–H groups in total. The zero-order valence-electron chi connectivity index (χ0n) is 34.4. The third kappa shape index (κ3) is 7.32. The fourth-order valence-corrected chi connectivity index (χ4v) is 12.4. The SMILES string of the molecule is C=C1CCCC2=[NH+]C[C@@H](C)[C@H](C)C[C@]23CCC(C(=O)CCC(=O)[O-])=C[C@H]3[C@H]2O[C@]3(C[C@H](C)C[C@@H]2O3)C[C@H]2O[C@@]3(CC[C@]4(O[C@H](CC[C@]4(C)O)C1)O3)C[C@@H](C)[C@H]2O. The van der Waals surface area contributed by atoms with Crippen molar-refractivity contribution in [2.75, 3.05) is 6.54 Å². The highest BCUT2D eigenvalue weighted by molar-refractivity contribution is 5.97. The number of ether oxygens (including phenoxy) is 5. The zero-order chi connectivity index (χ0) is 39.8. The van der Waals surface area contributed by atoms with Gasteiger partial charge in [-0.25, -0.2) is 4.99 Å². The normalized spacial score (nSPS) is 49.5. The van der Waals surface area contributed by atoms with Gasteiger partial charge in [0.15, 0.2) is 23.1 Å². The number of aliphatic carboxylic acids is 1. The third-order valence-electron chi connectivity index (χ3n) is 15.7. The Labute approximate surface area is 333 Å². The number of hydrogen-bond donors (Lipinski definition) is 3. The van der Waals surface area contributed by atoms with Crippen LogP contribution in [0.25, 0.3) is 0 Å². The van der Waals surface area contributed by atoms with E-state index in [1.807, 2.05) is 13.8 Å². The molecule has 0 unspecified atom stereocenters. The van der Waals surface area contributed by atoms with Gasteiger partial charge in [-0.2, -0.15) is 0 Å². The minimum Gasteiger partial charge on any atom is -0.550 e. The van der Waals surface area contributed by atoms with Crippen molar-refractivity contribution in [3.8, 4) is 0 Å². The van der Waals surface area contributed by atoms with Gasteiger partial charge in [0, 0.05) is 62.8 Å². The number of carbonyl (C=O) groups excluding carboxylic acids is 2. The molecule has 8 aliphatic rings. The molecular weight excluding hydrogens is 714 g/mol. The van der Waals surface area contributed by atoms with Crippen molar-refractivity contribution in [1.29, 1.82) is 0 Å². The predicted octanol–water partition coefficient (Wildman–Crippen LogP) is 3.96. The molecule has 0 aromatic carbocycles. The molecule has 56 heavy (non-hydrogen) atoms. The minimum atomic E-state index is -1.22. The smallest absolute Gasteiger partial charge is 0.200 e. The zero-order valence-corrected chi connectivity index (χ0v) is 34.4. The Morgan fingerprint density at radius 1 is 0.893 bits per heavy atom. The highest BCUT2D eigenvalue weighted by Gasteiger charge is 2.66. The quantitative estimate of drug-likeness (QED) is 0.357. The Bertz CT molecular complexity index is 1620. The van der Waals surface area contributed by atoms with Crippen LogP contribution in [0.15, 0.2) is 23.8 Å². The molecule has 1 aliphatic carbocycles. The molecule has 8 rings (SSSR count). The van der Waals surface area contributed by atoms with E-state index in [1.54, 1.807) is 0 Å². The molecule has 7 aliphatic heterocycles. The van der Waals surface area contributed by atoms with Gasteiger partial charge in [0.25, 0.3) is 0 Å². The summed E-state index contributed by atoms with van der Waals surface area (Å²) in [6.45, 7) is 16.2. The molecular formula is C45H67NO10. The van der Waals surface area contributed by atoms with E-state index in [0.717, 1.165) is 50.6 Å². The first-order valence-electron chi connectivity index (χ1n) is 22.0. The number of rotatable bonds is 4. The number of hydrogen-bond acceptors (Lipinski definition) is 10. The predicted molar refractivity (Wildman–Crippen MR) is 205 cm³/mol. The molecule has 312 valence electrons. The first kappa shape index (κ1) is 40.8. The highest BCUT2D eigenvalue weighted by atomic mass is 16.8. The van der Waals surface area contributed by atoms with Crippen LogP contribution in [0.3, 0.4) is 0 Å². The van der Waals surface area contributed by atoms with Gasteiger partial charge in [-0.3, -0.25) is 4.79 Å². The lowest BCUT2D eigenvalue weighted by Gasteiger charge is -2.51. The number of aliphatic hydroxyl groups excluding tert-OH is 1. The lowest BCUT2D eigenvalue weighted by molar-refractivity contribution is -0.470. The Kier molecular flexibility index (Phi) is 10.9. The lowest BCUT2D eigenvalue weighted by Crippen LogP contribution is -2.77. The van der Waals surface area contributed by atoms with Crippen LogP contribution in [0, 0.1) is 35.0 Å². The molecule has 7 bridgehead atoms. The fourth-order valence-electron chi connectivity index (χ4n) is 12.4. The minimum absolute atomic E-state index is 0.0784. The van der Waals surface area contributed by atoms with Crippen molar-refractivity contribution in [1.82, 2.24) is 0 Å². The van der Waals surface area contributed by atoms with Crippen molar-refractivity contribution >= 4 is 17.5 Å². The van der Waals surface area contributed by atoms with E-state index in [-0.39, 0.29) is 60.1 Å². The maximum atomic E-state index is 13.7. The summed E-state index contributed by atoms with van der Waals surface area (Å²) >= 11 is 0. The average Bonchev–Trinajstić information content (AvgIpc) is 3.57. The Balaban J connectivity index is 1.21. The number of fused-ring (bicyclic) bond motifs is 6. The van der Waals surface area contributed by atoms with Gasteiger partial charge in [0.2, 0.25) is 5.79 Å². The van der Waals surface area contributed by atoms with Crippen LogP contribution >= 0.6 is 0 Å². The molecule has 6 saturated heterocycles. The van der Waals surface area contributed by atoms with Gasteiger partial charge in [0.1, 0.15) is 12.1 Å². The van der Waals surface area contributed by atoms with E-state index in [2.05, 4.69) is 38.4 Å². The van der Waals surface area contributed by atoms with E-state index in [9.17, 15) is 24.9 Å². The van der Waals surface area contributed by atoms with Crippen LogP contribution in [-0.2, 0) is 33.3 Å². The number of ketones is 1. The standard InChI is InChI=1S/C45H67NO10/c1-26-8-7-9-37-42(22-28(3)30(5)25-46-37)15-12-31(34(47)10-11-38(48)49)20-33(42)40-35-19-27(2)21-44(53-35,55-40)24-36-39(50)29(4)23-43(54-36)16-17-45(56-43)41(6,51)14-13-32(18-26)52-45/h20,27-30,32-33,35-36,39-40,50-51H,1,7-19,21-25H2,2-6H3,(H,48,49)/t27-,28-,29-,30-,32-,33+,35+,36-,39-,40-,41+,42+,43-,44-,45+/m1/s1. The number of allylic oxidation sites excluding steroid dienone is 1. The molecule has 0 aromatic heterocycles. The molecule has 0 radical (unpaired) electrons. The number of carboxylic acid groups (broad SMARTS) is 1. The molecule has 7 heterocycles. The van der Waals surface area contributed by atoms with Crippen LogP contribution in [0.4, 0.5) is 0 Å². The number of carbonyl (C=O) groups is 2. The van der Waals surface area contributed by atoms with Crippen LogP contribution in [-0.4, -0.2) is 87.7 Å². The van der Waals surface area contributed by atoms with Crippen molar-refractivity contribution in [3.63, 3.8) is 0 Å². The largest absolute Gasteiger partial charge is 0.550 e. The van der Waals surface area contributed by atoms with Crippen LogP contribution in [0.5, 0.6) is 0 Å². The number of carboxylic acids is 1. The average molecular weight is 782 g/mol. The maximum absolute atomic E-state index is 13.7. The first-order valence-corrected chi connectivity index (χ1v) is 22.0. The summed E-state index contributed by atoms with van der Waals surface area (Å²) in [5.41, 5.74) is 1.58. The van der Waals surface area contributed by atoms with Crippen molar-refractivity contribution in [2.45, 2.75) is 197 Å². The molecule has 4 spiro atoms. The van der Waals surface area contributed by atoms with Gasteiger partial charge in [0.05, 0.1) is 35.9 Å². The summed E-state index contributed by atoms with van der Waals surface area (Å²) < 4.78 is 35.2. The molecule has 6 fully saturated rings. The molecule has 11 heteroatoms. The van der Waals surface area contributed by atoms with Crippen molar-refractivity contribution in [3.05, 3.63) is 23.8 Å². The van der Waals surface area contributed by atoms with Crippen LogP contribution < -0.4 is 10.1 Å². The monoisotopic (exact) mass is 781 g/mol. The van der Waals surface area contributed by atoms with Gasteiger partial charge < -0.3 is 43.8 Å². The second-order valence-electron chi connectivity index (χ2n) is 20.0. The molecule has 0 amide bonds. The molecule has 0 saturated carbocycles. The highest BCUT2D eigenvalue weighted by Crippen LogP contribution is 2.59. The van der Waals surface area contributed by atoms with Gasteiger partial charge in [-0.1, -0.05) is 45.9 Å². The van der Waals surface area contributed by atoms with Crippen molar-refractivity contribution < 1.29 is 53.6 Å². The Morgan fingerprint density at radius 3 is 2.46 bits per heavy atom. The fraction of sp³-hybridized carbons (Fsp3) is 0.844. The van der Waals surface area contributed by atoms with E-state index in [0.29, 0.717) is 75.2 Å². The number of nitrogens with one attached hydrogen (secondary N) is 1. The van der Waals surface area contributed by atoms with E-state index >= 15 is 0 Å². The summed E-state index contributed by atoms with van der Waals surface area (Å²) in [7, 11) is 0.